The van der Waals surface area contributed by atoms with Crippen LogP contribution in [-0.2, 0) is 4.79 Å². The van der Waals surface area contributed by atoms with Crippen molar-refractivity contribution in [3.8, 4) is 0 Å². The van der Waals surface area contributed by atoms with Crippen molar-refractivity contribution in [2.45, 2.75) is 58.2 Å². The maximum Gasteiger partial charge on any atom is 0.328 e. The van der Waals surface area contributed by atoms with E-state index in [1.54, 1.807) is 0 Å². The van der Waals surface area contributed by atoms with Gasteiger partial charge in [0.25, 0.3) is 5.91 Å². The van der Waals surface area contributed by atoms with Crippen LogP contribution in [0.2, 0.25) is 0 Å². The second kappa shape index (κ2) is 5.79. The van der Waals surface area contributed by atoms with Crippen molar-refractivity contribution < 1.29 is 9.59 Å². The predicted molar refractivity (Wildman–Crippen MR) is 86.8 cm³/mol. The third kappa shape index (κ3) is 2.34. The highest BCUT2D eigenvalue weighted by molar-refractivity contribution is 14.1. The highest BCUT2D eigenvalue weighted by Crippen LogP contribution is 2.39. The van der Waals surface area contributed by atoms with E-state index < -0.39 is 5.54 Å². The number of carbonyl (C=O) groups excluding carboxylic acids is 2. The number of nitrogens with zero attached hydrogens (tertiary/aromatic N) is 3. The molecule has 6 heteroatoms. The van der Waals surface area contributed by atoms with Crippen molar-refractivity contribution in [3.05, 3.63) is 0 Å². The van der Waals surface area contributed by atoms with Gasteiger partial charge in [0.1, 0.15) is 5.54 Å². The second-order valence-corrected chi connectivity index (χ2v) is 6.94. The van der Waals surface area contributed by atoms with E-state index in [9.17, 15) is 9.59 Å². The van der Waals surface area contributed by atoms with E-state index in [4.69, 9.17) is 0 Å². The summed E-state index contributed by atoms with van der Waals surface area (Å²) in [5.41, 5.74) is -0.595. The summed E-state index contributed by atoms with van der Waals surface area (Å²) < 4.78 is 0.439. The molecule has 0 bridgehead atoms. The number of piperidine rings is 1. The summed E-state index contributed by atoms with van der Waals surface area (Å²) in [5, 5.41) is 0. The number of hydrogen-bond donors (Lipinski definition) is 0. The molecule has 0 radical (unpaired) electrons. The molecule has 0 N–H and O–H groups in total. The standard InChI is InChI=1S/C14H24IN3O2/c1-10(2)16-7-5-14(6-8-16)12(19)17(9-15)13(20)18(14)11(3)4/h10-11H,5-9H2,1-4H3. The molecule has 0 aliphatic carbocycles. The summed E-state index contributed by atoms with van der Waals surface area (Å²) in [6.45, 7) is 10.1. The zero-order valence-corrected chi connectivity index (χ0v) is 14.9. The van der Waals surface area contributed by atoms with Gasteiger partial charge in [-0.1, -0.05) is 22.6 Å². The van der Waals surface area contributed by atoms with Crippen LogP contribution < -0.4 is 0 Å². The van der Waals surface area contributed by atoms with Crippen molar-refractivity contribution in [1.29, 1.82) is 0 Å². The Morgan fingerprint density at radius 1 is 1.10 bits per heavy atom. The number of hydrogen-bond acceptors (Lipinski definition) is 3. The van der Waals surface area contributed by atoms with Crippen LogP contribution in [0.25, 0.3) is 0 Å². The Hall–Kier alpha value is -0.370. The predicted octanol–water partition coefficient (Wildman–Crippen LogP) is 2.29. The number of amides is 3. The Balaban J connectivity index is 2.28. The summed E-state index contributed by atoms with van der Waals surface area (Å²) in [6, 6.07) is 0.440. The summed E-state index contributed by atoms with van der Waals surface area (Å²) in [5.74, 6) is 0.00834. The van der Waals surface area contributed by atoms with Gasteiger partial charge in [-0.05, 0) is 40.5 Å². The SMILES string of the molecule is CC(C)N1CCC2(CC1)C(=O)N(CI)C(=O)N2C(C)C. The number of carbonyl (C=O) groups is 2. The van der Waals surface area contributed by atoms with Crippen LogP contribution in [0, 0.1) is 0 Å². The minimum atomic E-state index is -0.595. The fourth-order valence-electron chi connectivity index (χ4n) is 3.44. The van der Waals surface area contributed by atoms with E-state index in [-0.39, 0.29) is 18.0 Å². The van der Waals surface area contributed by atoms with Crippen LogP contribution in [0.15, 0.2) is 0 Å². The molecule has 2 aliphatic rings. The van der Waals surface area contributed by atoms with E-state index in [0.717, 1.165) is 25.9 Å². The third-order valence-electron chi connectivity index (χ3n) is 4.53. The molecule has 0 aromatic rings. The second-order valence-electron chi connectivity index (χ2n) is 6.26. The average Bonchev–Trinajstić information content (AvgIpc) is 2.58. The van der Waals surface area contributed by atoms with Crippen molar-refractivity contribution in [1.82, 2.24) is 14.7 Å². The molecule has 1 spiro atoms. The summed E-state index contributed by atoms with van der Waals surface area (Å²) in [7, 11) is 0. The zero-order valence-electron chi connectivity index (χ0n) is 12.7. The minimum Gasteiger partial charge on any atom is -0.307 e. The Bertz CT molecular complexity index is 403. The minimum absolute atomic E-state index is 0.00834. The first kappa shape index (κ1) is 16.0. The number of imide groups is 1. The molecule has 2 heterocycles. The van der Waals surface area contributed by atoms with Crippen LogP contribution in [-0.4, -0.2) is 61.9 Å². The quantitative estimate of drug-likeness (QED) is 0.320. The molecule has 0 aromatic heterocycles. The van der Waals surface area contributed by atoms with Gasteiger partial charge in [-0.3, -0.25) is 9.69 Å². The Morgan fingerprint density at radius 3 is 2.05 bits per heavy atom. The molecular weight excluding hydrogens is 369 g/mol. The van der Waals surface area contributed by atoms with Gasteiger partial charge in [0.05, 0.1) is 4.55 Å². The van der Waals surface area contributed by atoms with E-state index >= 15 is 0 Å². The highest BCUT2D eigenvalue weighted by Gasteiger charge is 2.58. The van der Waals surface area contributed by atoms with Crippen molar-refractivity contribution in [2.75, 3.05) is 17.6 Å². The van der Waals surface area contributed by atoms with Gasteiger partial charge in [-0.25, -0.2) is 4.79 Å². The summed E-state index contributed by atoms with van der Waals surface area (Å²) in [6.07, 6.45) is 1.50. The molecule has 0 unspecified atom stereocenters. The molecule has 2 aliphatic heterocycles. The molecule has 5 nitrogen and oxygen atoms in total. The fraction of sp³-hybridized carbons (Fsp3) is 0.857. The topological polar surface area (TPSA) is 43.9 Å². The molecule has 20 heavy (non-hydrogen) atoms. The molecule has 114 valence electrons. The number of halogens is 1. The number of alkyl halides is 1. The van der Waals surface area contributed by atoms with Gasteiger partial charge in [0.2, 0.25) is 0 Å². The molecule has 0 saturated carbocycles. The van der Waals surface area contributed by atoms with Crippen molar-refractivity contribution in [2.24, 2.45) is 0 Å². The summed E-state index contributed by atoms with van der Waals surface area (Å²) >= 11 is 2.09. The monoisotopic (exact) mass is 393 g/mol. The molecule has 2 saturated heterocycles. The third-order valence-corrected chi connectivity index (χ3v) is 5.22. The molecule has 0 aromatic carbocycles. The number of urea groups is 1. The molecule has 3 amide bonds. The zero-order chi connectivity index (χ0) is 15.1. The van der Waals surface area contributed by atoms with E-state index in [2.05, 4.69) is 41.3 Å². The van der Waals surface area contributed by atoms with Gasteiger partial charge in [0, 0.05) is 25.2 Å². The van der Waals surface area contributed by atoms with Gasteiger partial charge >= 0.3 is 6.03 Å². The maximum absolute atomic E-state index is 12.8. The lowest BCUT2D eigenvalue weighted by Gasteiger charge is -2.44. The van der Waals surface area contributed by atoms with Crippen LogP contribution in [0.5, 0.6) is 0 Å². The Morgan fingerprint density at radius 2 is 1.65 bits per heavy atom. The largest absolute Gasteiger partial charge is 0.328 e. The molecule has 2 rings (SSSR count). The van der Waals surface area contributed by atoms with Crippen LogP contribution in [0.4, 0.5) is 4.79 Å². The Kier molecular flexibility index (Phi) is 4.63. The lowest BCUT2D eigenvalue weighted by Crippen LogP contribution is -2.59. The first-order valence-electron chi connectivity index (χ1n) is 7.30. The normalized spacial score (nSPS) is 23.8. The lowest BCUT2D eigenvalue weighted by atomic mass is 9.84. The molecule has 2 fully saturated rings. The smallest absolute Gasteiger partial charge is 0.307 e. The van der Waals surface area contributed by atoms with E-state index in [1.807, 2.05) is 18.7 Å². The average molecular weight is 393 g/mol. The first-order chi connectivity index (χ1) is 9.35. The van der Waals surface area contributed by atoms with Gasteiger partial charge < -0.3 is 9.80 Å². The number of rotatable bonds is 3. The summed E-state index contributed by atoms with van der Waals surface area (Å²) in [4.78, 5) is 30.9. The van der Waals surface area contributed by atoms with Crippen molar-refractivity contribution >= 4 is 34.5 Å². The highest BCUT2D eigenvalue weighted by atomic mass is 127. The van der Waals surface area contributed by atoms with E-state index in [1.165, 1.54) is 4.90 Å². The fourth-order valence-corrected chi connectivity index (χ4v) is 4.04. The van der Waals surface area contributed by atoms with Crippen LogP contribution in [0.3, 0.4) is 0 Å². The van der Waals surface area contributed by atoms with Crippen LogP contribution in [0.1, 0.15) is 40.5 Å². The molecule has 0 atom stereocenters. The van der Waals surface area contributed by atoms with Gasteiger partial charge in [0.15, 0.2) is 0 Å². The Labute approximate surface area is 134 Å². The lowest BCUT2D eigenvalue weighted by molar-refractivity contribution is -0.135. The number of likely N-dealkylation sites (tertiary alicyclic amines) is 1. The maximum atomic E-state index is 12.8. The van der Waals surface area contributed by atoms with Gasteiger partial charge in [-0.2, -0.15) is 0 Å². The van der Waals surface area contributed by atoms with Gasteiger partial charge in [-0.15, -0.1) is 0 Å². The van der Waals surface area contributed by atoms with Crippen molar-refractivity contribution in [3.63, 3.8) is 0 Å². The first-order valence-corrected chi connectivity index (χ1v) is 8.83. The molecular formula is C14H24IN3O2. The van der Waals surface area contributed by atoms with E-state index in [0.29, 0.717) is 10.6 Å². The van der Waals surface area contributed by atoms with Crippen LogP contribution >= 0.6 is 22.6 Å².